The van der Waals surface area contributed by atoms with E-state index in [2.05, 4.69) is 39.0 Å². The van der Waals surface area contributed by atoms with Gasteiger partial charge < -0.3 is 33.7 Å². The van der Waals surface area contributed by atoms with Crippen molar-refractivity contribution in [3.8, 4) is 68.5 Å². The second kappa shape index (κ2) is 21.8. The average Bonchev–Trinajstić information content (AvgIpc) is 4.02. The normalized spacial score (nSPS) is 12.6. The summed E-state index contributed by atoms with van der Waals surface area (Å²) in [5.41, 5.74) is 12.3. The maximum absolute atomic E-state index is 12.7. The van der Waals surface area contributed by atoms with Crippen molar-refractivity contribution in [2.24, 2.45) is 0 Å². The van der Waals surface area contributed by atoms with E-state index in [9.17, 15) is 10.1 Å². The fourth-order valence-corrected chi connectivity index (χ4v) is 9.31. The lowest BCUT2D eigenvalue weighted by molar-refractivity contribution is -0.144. The van der Waals surface area contributed by atoms with E-state index in [0.717, 1.165) is 97.7 Å². The molecule has 0 bridgehead atoms. The molecule has 71 heavy (non-hydrogen) atoms. The number of esters is 1. The Balaban J connectivity index is 0.724. The molecule has 1 N–H and O–H groups in total. The third-order valence-corrected chi connectivity index (χ3v) is 12.9. The lowest BCUT2D eigenvalue weighted by Gasteiger charge is -2.20. The minimum absolute atomic E-state index is 0.115. The second-order valence-corrected chi connectivity index (χ2v) is 17.7. The Morgan fingerprint density at radius 1 is 0.817 bits per heavy atom. The van der Waals surface area contributed by atoms with Crippen LogP contribution in [-0.2, 0) is 42.3 Å². The fourth-order valence-electron chi connectivity index (χ4n) is 9.07. The number of ether oxygens (including phenoxy) is 6. The van der Waals surface area contributed by atoms with Crippen LogP contribution in [0.3, 0.4) is 0 Å². The molecule has 10 rings (SSSR count). The third kappa shape index (κ3) is 10.8. The Kier molecular flexibility index (Phi) is 14.4. The Morgan fingerprint density at radius 2 is 1.70 bits per heavy atom. The number of rotatable bonds is 19. The highest BCUT2D eigenvalue weighted by atomic mass is 35.5. The standard InChI is InChI=1S/C57H51ClN6O7/c1-37-41(10-5-11-44(37)40-15-18-51-54(30-40)68-26-25-67-51)36-71-53-32-52(70-35-39-9-4-8-38(28-39)33-59)42(29-47(53)58)34-60-20-6-14-55(65)69-27-24-66-43-16-17-45-46(19-22-62-49(45)31-43)56-50-13-7-23-64(50)63-57(56)48-12-2-3-21-61-48/h2-5,8-12,15-19,21-22,28-32,60H,6-7,13-14,20,23-27,34-36H2,1H3. The van der Waals surface area contributed by atoms with Gasteiger partial charge in [-0.15, -0.1) is 0 Å². The van der Waals surface area contributed by atoms with Crippen LogP contribution in [0.15, 0.2) is 128 Å². The number of nitrogens with one attached hydrogen (secondary N) is 1. The van der Waals surface area contributed by atoms with Crippen molar-refractivity contribution in [1.29, 1.82) is 5.26 Å². The van der Waals surface area contributed by atoms with Crippen LogP contribution in [0.4, 0.5) is 0 Å². The predicted molar refractivity (Wildman–Crippen MR) is 271 cm³/mol. The van der Waals surface area contributed by atoms with Gasteiger partial charge in [0.25, 0.3) is 0 Å². The van der Waals surface area contributed by atoms with E-state index >= 15 is 0 Å². The quantitative estimate of drug-likeness (QED) is 0.0606. The number of pyridine rings is 2. The first kappa shape index (κ1) is 46.8. The zero-order valence-electron chi connectivity index (χ0n) is 39.3. The maximum Gasteiger partial charge on any atom is 0.305 e. The van der Waals surface area contributed by atoms with Gasteiger partial charge in [0.2, 0.25) is 0 Å². The van der Waals surface area contributed by atoms with E-state index < -0.39 is 0 Å². The van der Waals surface area contributed by atoms with Crippen LogP contribution in [0.25, 0.3) is 44.5 Å². The molecule has 5 heterocycles. The molecule has 0 spiro atoms. The number of carbonyl (C=O) groups is 1. The lowest BCUT2D eigenvalue weighted by Crippen LogP contribution is -2.18. The van der Waals surface area contributed by atoms with Crippen molar-refractivity contribution >= 4 is 28.5 Å². The minimum Gasteiger partial charge on any atom is -0.490 e. The molecule has 0 radical (unpaired) electrons. The van der Waals surface area contributed by atoms with Crippen molar-refractivity contribution < 1.29 is 33.2 Å². The number of carbonyl (C=O) groups excluding carboxylic acids is 1. The first-order valence-electron chi connectivity index (χ1n) is 23.8. The van der Waals surface area contributed by atoms with Crippen molar-refractivity contribution in [2.45, 2.75) is 58.9 Å². The van der Waals surface area contributed by atoms with E-state index in [0.29, 0.717) is 60.6 Å². The highest BCUT2D eigenvalue weighted by molar-refractivity contribution is 6.32. The summed E-state index contributed by atoms with van der Waals surface area (Å²) < 4.78 is 38.0. The zero-order valence-corrected chi connectivity index (χ0v) is 40.0. The first-order chi connectivity index (χ1) is 34.9. The molecular formula is C57H51ClN6O7. The van der Waals surface area contributed by atoms with Crippen LogP contribution in [0.5, 0.6) is 28.7 Å². The third-order valence-electron chi connectivity index (χ3n) is 12.6. The topological polar surface area (TPSA) is 152 Å². The summed E-state index contributed by atoms with van der Waals surface area (Å²) in [6.45, 7) is 5.82. The van der Waals surface area contributed by atoms with Gasteiger partial charge in [-0.25, -0.2) is 0 Å². The van der Waals surface area contributed by atoms with E-state index in [1.807, 2.05) is 103 Å². The van der Waals surface area contributed by atoms with Crippen LogP contribution in [0.2, 0.25) is 5.02 Å². The Labute approximate surface area is 416 Å². The van der Waals surface area contributed by atoms with Gasteiger partial charge in [0.05, 0.1) is 27.9 Å². The first-order valence-corrected chi connectivity index (χ1v) is 24.2. The zero-order chi connectivity index (χ0) is 48.5. The summed E-state index contributed by atoms with van der Waals surface area (Å²) in [5, 5.41) is 19.3. The second-order valence-electron chi connectivity index (χ2n) is 17.3. The van der Waals surface area contributed by atoms with Crippen LogP contribution in [-0.4, -0.2) is 58.7 Å². The average molecular weight is 968 g/mol. The number of halogens is 1. The molecule has 0 amide bonds. The number of hydrogen-bond donors (Lipinski definition) is 1. The molecular weight excluding hydrogens is 916 g/mol. The van der Waals surface area contributed by atoms with Crippen molar-refractivity contribution in [1.82, 2.24) is 25.1 Å². The number of nitrogens with zero attached hydrogens (tertiary/aromatic N) is 5. The SMILES string of the molecule is Cc1c(COc2cc(OCc3cccc(C#N)c3)c(CNCCCC(=O)OCCOc3ccc4c(-c5c(-c6ccccn6)nn6c5CCC6)ccnc4c3)cc2Cl)cccc1-c1ccc2c(c1)OCCO2. The molecule has 0 saturated carbocycles. The van der Waals surface area contributed by atoms with E-state index in [1.165, 1.54) is 5.69 Å². The molecule has 0 saturated heterocycles. The molecule has 5 aromatic carbocycles. The van der Waals surface area contributed by atoms with Gasteiger partial charge in [0.15, 0.2) is 11.5 Å². The number of aromatic nitrogens is 4. The fraction of sp³-hybridized carbons (Fsp3) is 0.246. The Bertz CT molecular complexity index is 3260. The maximum atomic E-state index is 12.7. The molecule has 0 aliphatic carbocycles. The molecule has 8 aromatic rings. The van der Waals surface area contributed by atoms with Crippen LogP contribution in [0.1, 0.15) is 52.8 Å². The van der Waals surface area contributed by atoms with Gasteiger partial charge in [0.1, 0.15) is 62.6 Å². The molecule has 14 heteroatoms. The van der Waals surface area contributed by atoms with Gasteiger partial charge >= 0.3 is 5.97 Å². The largest absolute Gasteiger partial charge is 0.490 e. The van der Waals surface area contributed by atoms with Gasteiger partial charge in [-0.1, -0.05) is 54.1 Å². The highest BCUT2D eigenvalue weighted by Crippen LogP contribution is 2.41. The number of fused-ring (bicyclic) bond motifs is 3. The van der Waals surface area contributed by atoms with E-state index in [1.54, 1.807) is 18.3 Å². The van der Waals surface area contributed by atoms with E-state index in [-0.39, 0.29) is 38.8 Å². The smallest absolute Gasteiger partial charge is 0.305 e. The summed E-state index contributed by atoms with van der Waals surface area (Å²) in [6.07, 6.45) is 6.42. The van der Waals surface area contributed by atoms with Crippen molar-refractivity contribution in [3.63, 3.8) is 0 Å². The number of hydrogen-bond acceptors (Lipinski definition) is 12. The summed E-state index contributed by atoms with van der Waals surface area (Å²) >= 11 is 6.88. The van der Waals surface area contributed by atoms with Crippen LogP contribution >= 0.6 is 11.6 Å². The monoisotopic (exact) mass is 966 g/mol. The van der Waals surface area contributed by atoms with Gasteiger partial charge in [0, 0.05) is 66.2 Å². The summed E-state index contributed by atoms with van der Waals surface area (Å²) in [6, 6.07) is 39.1. The van der Waals surface area contributed by atoms with Crippen LogP contribution in [0, 0.1) is 18.3 Å². The molecule has 0 unspecified atom stereocenters. The van der Waals surface area contributed by atoms with Gasteiger partial charge in [-0.2, -0.15) is 10.4 Å². The van der Waals surface area contributed by atoms with Gasteiger partial charge in [-0.05, 0) is 127 Å². The molecule has 2 aliphatic rings. The Hall–Kier alpha value is -7.92. The summed E-state index contributed by atoms with van der Waals surface area (Å²) in [4.78, 5) is 22.0. The molecule has 2 aliphatic heterocycles. The molecule has 0 fully saturated rings. The highest BCUT2D eigenvalue weighted by Gasteiger charge is 2.26. The number of benzene rings is 5. The minimum atomic E-state index is -0.308. The molecule has 0 atom stereocenters. The van der Waals surface area contributed by atoms with Crippen LogP contribution < -0.4 is 29.0 Å². The van der Waals surface area contributed by atoms with Gasteiger partial charge in [-0.3, -0.25) is 19.4 Å². The number of aryl methyl sites for hydroxylation is 1. The predicted octanol–water partition coefficient (Wildman–Crippen LogP) is 11.0. The number of nitriles is 1. The molecule has 358 valence electrons. The summed E-state index contributed by atoms with van der Waals surface area (Å²) in [7, 11) is 0. The van der Waals surface area contributed by atoms with Crippen molar-refractivity contribution in [3.05, 3.63) is 166 Å². The lowest BCUT2D eigenvalue weighted by atomic mass is 9.96. The van der Waals surface area contributed by atoms with E-state index in [4.69, 9.17) is 45.1 Å². The Morgan fingerprint density at radius 3 is 2.59 bits per heavy atom. The summed E-state index contributed by atoms with van der Waals surface area (Å²) in [5.74, 6) is 2.87. The van der Waals surface area contributed by atoms with Crippen molar-refractivity contribution in [2.75, 3.05) is 33.0 Å². The molecule has 3 aromatic heterocycles. The molecule has 13 nitrogen and oxygen atoms in total.